The van der Waals surface area contributed by atoms with Crippen molar-refractivity contribution >= 4 is 11.3 Å². The molecule has 2 heterocycles. The van der Waals surface area contributed by atoms with Gasteiger partial charge in [-0.1, -0.05) is 25.2 Å². The first-order valence-electron chi connectivity index (χ1n) is 6.92. The van der Waals surface area contributed by atoms with E-state index in [0.29, 0.717) is 10.6 Å². The van der Waals surface area contributed by atoms with Crippen LogP contribution < -0.4 is 10.7 Å². The van der Waals surface area contributed by atoms with Crippen LogP contribution in [-0.2, 0) is 0 Å². The van der Waals surface area contributed by atoms with Crippen LogP contribution >= 0.6 is 11.3 Å². The van der Waals surface area contributed by atoms with Gasteiger partial charge in [-0.25, -0.2) is 0 Å². The van der Waals surface area contributed by atoms with Crippen molar-refractivity contribution in [2.24, 2.45) is 0 Å². The highest BCUT2D eigenvalue weighted by molar-refractivity contribution is 7.14. The Morgan fingerprint density at radius 2 is 2.20 bits per heavy atom. The molecule has 5 nitrogen and oxygen atoms in total. The molecule has 6 heteroatoms. The molecule has 2 N–H and O–H groups in total. The Morgan fingerprint density at radius 3 is 2.85 bits per heavy atom. The van der Waals surface area contributed by atoms with Crippen molar-refractivity contribution in [2.75, 3.05) is 6.54 Å². The smallest absolute Gasteiger partial charge is 0.192 e. The molecule has 0 aromatic carbocycles. The molecule has 0 saturated heterocycles. The predicted octanol–water partition coefficient (Wildman–Crippen LogP) is 2.65. The van der Waals surface area contributed by atoms with Gasteiger partial charge in [0.15, 0.2) is 10.4 Å². The van der Waals surface area contributed by atoms with Gasteiger partial charge < -0.3 is 10.3 Å². The summed E-state index contributed by atoms with van der Waals surface area (Å²) in [4.78, 5) is 15.0. The van der Waals surface area contributed by atoms with Gasteiger partial charge in [0.1, 0.15) is 5.01 Å². The van der Waals surface area contributed by atoms with E-state index in [1.54, 1.807) is 12.3 Å². The van der Waals surface area contributed by atoms with Crippen LogP contribution in [0.1, 0.15) is 43.4 Å². The van der Waals surface area contributed by atoms with E-state index in [1.807, 2.05) is 6.92 Å². The van der Waals surface area contributed by atoms with E-state index in [0.717, 1.165) is 30.1 Å². The zero-order valence-corrected chi connectivity index (χ0v) is 12.9. The van der Waals surface area contributed by atoms with Crippen LogP contribution in [-0.4, -0.2) is 21.7 Å². The Labute approximate surface area is 122 Å². The van der Waals surface area contributed by atoms with Crippen molar-refractivity contribution in [1.29, 1.82) is 0 Å². The first kappa shape index (κ1) is 14.9. The molecule has 0 spiro atoms. The lowest BCUT2D eigenvalue weighted by atomic mass is 10.2. The van der Waals surface area contributed by atoms with Crippen molar-refractivity contribution < 1.29 is 0 Å². The molecule has 0 aliphatic rings. The molecule has 2 aromatic heterocycles. The van der Waals surface area contributed by atoms with Crippen molar-refractivity contribution in [3.63, 3.8) is 0 Å². The fourth-order valence-corrected chi connectivity index (χ4v) is 2.97. The predicted molar refractivity (Wildman–Crippen MR) is 82.0 cm³/mol. The van der Waals surface area contributed by atoms with Crippen LogP contribution in [0.15, 0.2) is 17.1 Å². The van der Waals surface area contributed by atoms with Gasteiger partial charge >= 0.3 is 0 Å². The number of aryl methyl sites for hydroxylation is 1. The van der Waals surface area contributed by atoms with Crippen LogP contribution in [0.5, 0.6) is 0 Å². The minimum atomic E-state index is -0.0153. The van der Waals surface area contributed by atoms with Gasteiger partial charge in [0.25, 0.3) is 0 Å². The SMILES string of the molecule is CCCNC(CC)c1nnc(-c2c[nH]c(C)cc2=O)s1. The lowest BCUT2D eigenvalue weighted by Gasteiger charge is -2.12. The van der Waals surface area contributed by atoms with E-state index in [2.05, 4.69) is 34.3 Å². The van der Waals surface area contributed by atoms with Crippen LogP contribution in [0.25, 0.3) is 10.6 Å². The zero-order chi connectivity index (χ0) is 14.5. The van der Waals surface area contributed by atoms with E-state index >= 15 is 0 Å². The quantitative estimate of drug-likeness (QED) is 0.858. The lowest BCUT2D eigenvalue weighted by Crippen LogP contribution is -2.21. The third-order valence-corrected chi connectivity index (χ3v) is 4.15. The molecule has 108 valence electrons. The molecule has 0 radical (unpaired) electrons. The molecule has 20 heavy (non-hydrogen) atoms. The average molecular weight is 292 g/mol. The second-order valence-corrected chi connectivity index (χ2v) is 5.76. The lowest BCUT2D eigenvalue weighted by molar-refractivity contribution is 0.513. The summed E-state index contributed by atoms with van der Waals surface area (Å²) in [7, 11) is 0. The third kappa shape index (κ3) is 3.32. The van der Waals surface area contributed by atoms with Crippen molar-refractivity contribution in [3.05, 3.63) is 33.2 Å². The molecule has 0 amide bonds. The molecular weight excluding hydrogens is 272 g/mol. The fourth-order valence-electron chi connectivity index (χ4n) is 1.95. The molecule has 0 saturated carbocycles. The van der Waals surface area contributed by atoms with Gasteiger partial charge in [-0.15, -0.1) is 10.2 Å². The minimum Gasteiger partial charge on any atom is -0.364 e. The van der Waals surface area contributed by atoms with Crippen LogP contribution in [0.2, 0.25) is 0 Å². The number of rotatable bonds is 6. The number of aromatic nitrogens is 3. The first-order valence-corrected chi connectivity index (χ1v) is 7.73. The summed E-state index contributed by atoms with van der Waals surface area (Å²) in [5.41, 5.74) is 1.42. The summed E-state index contributed by atoms with van der Waals surface area (Å²) in [5.74, 6) is 0. The molecule has 0 aliphatic heterocycles. The van der Waals surface area contributed by atoms with E-state index in [4.69, 9.17) is 0 Å². The average Bonchev–Trinajstić information content (AvgIpc) is 2.89. The van der Waals surface area contributed by atoms with Crippen LogP contribution in [0.4, 0.5) is 0 Å². The molecule has 0 fully saturated rings. The van der Waals surface area contributed by atoms with Gasteiger partial charge in [0, 0.05) is 18.0 Å². The minimum absolute atomic E-state index is 0.0153. The Bertz CT molecular complexity index is 620. The van der Waals surface area contributed by atoms with Gasteiger partial charge in [-0.05, 0) is 26.3 Å². The number of aromatic amines is 1. The normalized spacial score (nSPS) is 12.6. The zero-order valence-electron chi connectivity index (χ0n) is 12.1. The van der Waals surface area contributed by atoms with Gasteiger partial charge in [-0.3, -0.25) is 4.79 Å². The van der Waals surface area contributed by atoms with Gasteiger partial charge in [0.05, 0.1) is 11.6 Å². The largest absolute Gasteiger partial charge is 0.364 e. The summed E-state index contributed by atoms with van der Waals surface area (Å²) in [6.07, 6.45) is 3.75. The summed E-state index contributed by atoms with van der Waals surface area (Å²) in [6, 6.07) is 1.80. The van der Waals surface area contributed by atoms with Gasteiger partial charge in [-0.2, -0.15) is 0 Å². The van der Waals surface area contributed by atoms with Crippen molar-refractivity contribution in [2.45, 2.75) is 39.7 Å². The standard InChI is InChI=1S/C14H20N4OS/c1-4-6-15-11(5-2)14-18-17-13(20-14)10-8-16-9(3)7-12(10)19/h7-8,11,15H,4-6H2,1-3H3,(H,16,19). The van der Waals surface area contributed by atoms with E-state index < -0.39 is 0 Å². The van der Waals surface area contributed by atoms with Gasteiger partial charge in [0.2, 0.25) is 0 Å². The highest BCUT2D eigenvalue weighted by Crippen LogP contribution is 2.26. The number of nitrogens with zero attached hydrogens (tertiary/aromatic N) is 2. The maximum Gasteiger partial charge on any atom is 0.192 e. The summed E-state index contributed by atoms with van der Waals surface area (Å²) < 4.78 is 0. The number of hydrogen-bond donors (Lipinski definition) is 2. The van der Waals surface area contributed by atoms with Crippen LogP contribution in [0, 0.1) is 6.92 Å². The molecule has 1 atom stereocenters. The van der Waals surface area contributed by atoms with E-state index in [-0.39, 0.29) is 11.5 Å². The Hall–Kier alpha value is -1.53. The van der Waals surface area contributed by atoms with E-state index in [1.165, 1.54) is 11.3 Å². The highest BCUT2D eigenvalue weighted by atomic mass is 32.1. The number of H-pyrrole nitrogens is 1. The second-order valence-electron chi connectivity index (χ2n) is 4.75. The summed E-state index contributed by atoms with van der Waals surface area (Å²) in [5, 5.41) is 13.5. The summed E-state index contributed by atoms with van der Waals surface area (Å²) in [6.45, 7) is 7.07. The Morgan fingerprint density at radius 1 is 1.40 bits per heavy atom. The number of hydrogen-bond acceptors (Lipinski definition) is 5. The maximum absolute atomic E-state index is 12.0. The number of nitrogens with one attached hydrogen (secondary N) is 2. The maximum atomic E-state index is 12.0. The molecule has 1 unspecified atom stereocenters. The third-order valence-electron chi connectivity index (χ3n) is 3.08. The first-order chi connectivity index (χ1) is 9.65. The Balaban J connectivity index is 2.25. The van der Waals surface area contributed by atoms with Crippen LogP contribution in [0.3, 0.4) is 0 Å². The van der Waals surface area contributed by atoms with Crippen molar-refractivity contribution in [1.82, 2.24) is 20.5 Å². The molecule has 0 aliphatic carbocycles. The molecule has 2 rings (SSSR count). The second kappa shape index (κ2) is 6.76. The molecule has 2 aromatic rings. The number of pyridine rings is 1. The monoisotopic (exact) mass is 292 g/mol. The Kier molecular flexibility index (Phi) is 5.03. The highest BCUT2D eigenvalue weighted by Gasteiger charge is 2.16. The fraction of sp³-hybridized carbons (Fsp3) is 0.500. The molecule has 0 bridgehead atoms. The van der Waals surface area contributed by atoms with E-state index in [9.17, 15) is 4.79 Å². The summed E-state index contributed by atoms with van der Waals surface area (Å²) >= 11 is 1.48. The molecular formula is C14H20N4OS. The van der Waals surface area contributed by atoms with Crippen molar-refractivity contribution in [3.8, 4) is 10.6 Å². The topological polar surface area (TPSA) is 70.7 Å².